The lowest BCUT2D eigenvalue weighted by Gasteiger charge is -2.01. The number of nitro groups is 1. The molecule has 0 aliphatic rings. The van der Waals surface area contributed by atoms with Crippen LogP contribution in [0.2, 0.25) is 0 Å². The normalized spacial score (nSPS) is 10.3. The van der Waals surface area contributed by atoms with Crippen LogP contribution < -0.4 is 5.73 Å². The van der Waals surface area contributed by atoms with Crippen LogP contribution in [-0.4, -0.2) is 19.7 Å². The molecule has 0 aromatic carbocycles. The first-order valence-corrected chi connectivity index (χ1v) is 4.98. The number of nitrogen functional groups attached to an aromatic ring is 1. The van der Waals surface area contributed by atoms with Crippen molar-refractivity contribution in [2.45, 2.75) is 0 Å². The van der Waals surface area contributed by atoms with Gasteiger partial charge in [0.25, 0.3) is 5.69 Å². The van der Waals surface area contributed by atoms with Crippen LogP contribution in [0.3, 0.4) is 0 Å². The number of hydrogen-bond donors (Lipinski definition) is 1. The summed E-state index contributed by atoms with van der Waals surface area (Å²) in [6, 6.07) is 2.50. The highest BCUT2D eigenvalue weighted by Gasteiger charge is 2.11. The van der Waals surface area contributed by atoms with Crippen LogP contribution in [0.4, 0.5) is 11.5 Å². The van der Waals surface area contributed by atoms with Crippen molar-refractivity contribution in [1.29, 1.82) is 0 Å². The summed E-state index contributed by atoms with van der Waals surface area (Å²) < 4.78 is 2.15. The maximum atomic E-state index is 10.6. The van der Waals surface area contributed by atoms with Crippen molar-refractivity contribution in [2.24, 2.45) is 0 Å². The first kappa shape index (κ1) is 10.6. The van der Waals surface area contributed by atoms with Gasteiger partial charge in [-0.3, -0.25) is 10.1 Å². The summed E-state index contributed by atoms with van der Waals surface area (Å²) in [5.74, 6) is 0.383. The van der Waals surface area contributed by atoms with E-state index in [1.165, 1.54) is 16.8 Å². The lowest BCUT2D eigenvalue weighted by molar-refractivity contribution is -0.384. The van der Waals surface area contributed by atoms with Gasteiger partial charge in [0.05, 0.1) is 27.7 Å². The smallest absolute Gasteiger partial charge is 0.276 e. The molecule has 0 radical (unpaired) electrons. The summed E-state index contributed by atoms with van der Waals surface area (Å²) in [7, 11) is 0. The van der Waals surface area contributed by atoms with Gasteiger partial charge >= 0.3 is 0 Å². The molecule has 82 valence electrons. The molecular formula is C8H6BrN5O2. The predicted molar refractivity (Wildman–Crippen MR) is 60.1 cm³/mol. The molecule has 2 N–H and O–H groups in total. The molecule has 2 aromatic rings. The van der Waals surface area contributed by atoms with Gasteiger partial charge in [0, 0.05) is 6.20 Å². The molecule has 2 rings (SSSR count). The molecule has 2 heterocycles. The minimum Gasteiger partial charge on any atom is -0.383 e. The molecule has 0 spiro atoms. The SMILES string of the molecule is Nc1cc([N+](=O)[O-])cc(-n2cc(Br)cn2)n1. The van der Waals surface area contributed by atoms with Gasteiger partial charge in [-0.15, -0.1) is 0 Å². The van der Waals surface area contributed by atoms with Crippen LogP contribution in [0.15, 0.2) is 29.0 Å². The topological polar surface area (TPSA) is 99.9 Å². The van der Waals surface area contributed by atoms with Crippen LogP contribution in [0.5, 0.6) is 0 Å². The molecular weight excluding hydrogens is 278 g/mol. The first-order chi connectivity index (χ1) is 7.56. The van der Waals surface area contributed by atoms with Crippen LogP contribution in [-0.2, 0) is 0 Å². The molecule has 2 aromatic heterocycles. The summed E-state index contributed by atoms with van der Waals surface area (Å²) >= 11 is 3.22. The van der Waals surface area contributed by atoms with E-state index in [0.29, 0.717) is 5.82 Å². The van der Waals surface area contributed by atoms with Gasteiger partial charge in [-0.05, 0) is 15.9 Å². The van der Waals surface area contributed by atoms with Crippen LogP contribution in [0.25, 0.3) is 5.82 Å². The molecule has 0 unspecified atom stereocenters. The molecule has 0 bridgehead atoms. The standard InChI is InChI=1S/C8H6BrN5O2/c9-5-3-11-13(4-5)8-2-6(14(15)16)1-7(10)12-8/h1-4H,(H2,10,12). The predicted octanol–water partition coefficient (Wildman–Crippen LogP) is 1.52. The Hall–Kier alpha value is -1.96. The second-order valence-corrected chi connectivity index (χ2v) is 3.88. The van der Waals surface area contributed by atoms with E-state index in [4.69, 9.17) is 5.73 Å². The molecule has 16 heavy (non-hydrogen) atoms. The number of halogens is 1. The molecule has 0 atom stereocenters. The lowest BCUT2D eigenvalue weighted by Crippen LogP contribution is -2.02. The highest BCUT2D eigenvalue weighted by Crippen LogP contribution is 2.19. The summed E-state index contributed by atoms with van der Waals surface area (Å²) in [6.45, 7) is 0. The van der Waals surface area contributed by atoms with Gasteiger partial charge in [0.1, 0.15) is 5.82 Å². The Morgan fingerprint density at radius 1 is 1.50 bits per heavy atom. The number of rotatable bonds is 2. The second kappa shape index (κ2) is 3.89. The van der Waals surface area contributed by atoms with Crippen molar-refractivity contribution in [2.75, 3.05) is 5.73 Å². The highest BCUT2D eigenvalue weighted by molar-refractivity contribution is 9.10. The summed E-state index contributed by atoms with van der Waals surface area (Å²) in [5, 5.41) is 14.6. The van der Waals surface area contributed by atoms with E-state index >= 15 is 0 Å². The number of hydrogen-bond acceptors (Lipinski definition) is 5. The number of pyridine rings is 1. The van der Waals surface area contributed by atoms with Crippen molar-refractivity contribution in [3.63, 3.8) is 0 Å². The Balaban J connectivity index is 2.53. The molecule has 8 heteroatoms. The minimum atomic E-state index is -0.528. The number of nitrogens with two attached hydrogens (primary N) is 1. The maximum Gasteiger partial charge on any atom is 0.276 e. The molecule has 0 saturated carbocycles. The summed E-state index contributed by atoms with van der Waals surface area (Å²) in [5.41, 5.74) is 5.36. The zero-order valence-corrected chi connectivity index (χ0v) is 9.46. The van der Waals surface area contributed by atoms with Crippen LogP contribution in [0, 0.1) is 10.1 Å². The van der Waals surface area contributed by atoms with E-state index in [2.05, 4.69) is 26.0 Å². The largest absolute Gasteiger partial charge is 0.383 e. The number of nitrogens with zero attached hydrogens (tertiary/aromatic N) is 4. The van der Waals surface area contributed by atoms with Gasteiger partial charge in [-0.25, -0.2) is 9.67 Å². The first-order valence-electron chi connectivity index (χ1n) is 4.19. The molecule has 7 nitrogen and oxygen atoms in total. The lowest BCUT2D eigenvalue weighted by atomic mass is 10.4. The van der Waals surface area contributed by atoms with Crippen molar-refractivity contribution in [3.05, 3.63) is 39.1 Å². The van der Waals surface area contributed by atoms with Crippen LogP contribution >= 0.6 is 15.9 Å². The van der Waals surface area contributed by atoms with E-state index < -0.39 is 4.92 Å². The molecule has 0 amide bonds. The monoisotopic (exact) mass is 283 g/mol. The van der Waals surface area contributed by atoms with E-state index in [-0.39, 0.29) is 11.5 Å². The Bertz CT molecular complexity index is 553. The fraction of sp³-hybridized carbons (Fsp3) is 0. The zero-order valence-electron chi connectivity index (χ0n) is 7.87. The third-order valence-electron chi connectivity index (χ3n) is 1.81. The molecule has 0 fully saturated rings. The van der Waals surface area contributed by atoms with Crippen molar-refractivity contribution in [3.8, 4) is 5.82 Å². The molecule has 0 saturated heterocycles. The van der Waals surface area contributed by atoms with E-state index in [1.54, 1.807) is 12.4 Å². The Morgan fingerprint density at radius 3 is 2.81 bits per heavy atom. The second-order valence-electron chi connectivity index (χ2n) is 2.97. The van der Waals surface area contributed by atoms with Crippen LogP contribution in [0.1, 0.15) is 0 Å². The average Bonchev–Trinajstić information content (AvgIpc) is 2.64. The van der Waals surface area contributed by atoms with E-state index in [9.17, 15) is 10.1 Å². The van der Waals surface area contributed by atoms with Crippen molar-refractivity contribution in [1.82, 2.24) is 14.8 Å². The Morgan fingerprint density at radius 2 is 2.25 bits per heavy atom. The maximum absolute atomic E-state index is 10.6. The highest BCUT2D eigenvalue weighted by atomic mass is 79.9. The quantitative estimate of drug-likeness (QED) is 0.665. The van der Waals surface area contributed by atoms with Crippen molar-refractivity contribution < 1.29 is 4.92 Å². The van der Waals surface area contributed by atoms with Crippen molar-refractivity contribution >= 4 is 27.4 Å². The number of aromatic nitrogens is 3. The van der Waals surface area contributed by atoms with Gasteiger partial charge < -0.3 is 5.73 Å². The fourth-order valence-electron chi connectivity index (χ4n) is 1.17. The van der Waals surface area contributed by atoms with E-state index in [1.807, 2.05) is 0 Å². The molecule has 0 aliphatic heterocycles. The minimum absolute atomic E-state index is 0.0795. The summed E-state index contributed by atoms with van der Waals surface area (Å²) in [6.07, 6.45) is 3.18. The van der Waals surface area contributed by atoms with Gasteiger partial charge in [0.2, 0.25) is 0 Å². The van der Waals surface area contributed by atoms with Gasteiger partial charge in [0.15, 0.2) is 5.82 Å². The summed E-state index contributed by atoms with van der Waals surface area (Å²) in [4.78, 5) is 14.1. The Labute approximate surface area is 98.2 Å². The Kier molecular flexibility index (Phi) is 2.57. The van der Waals surface area contributed by atoms with Gasteiger partial charge in [-0.1, -0.05) is 0 Å². The van der Waals surface area contributed by atoms with E-state index in [0.717, 1.165) is 4.47 Å². The third-order valence-corrected chi connectivity index (χ3v) is 2.22. The number of anilines is 1. The zero-order chi connectivity index (χ0) is 11.7. The average molecular weight is 284 g/mol. The van der Waals surface area contributed by atoms with Gasteiger partial charge in [-0.2, -0.15) is 5.10 Å². The third kappa shape index (κ3) is 2.01. The molecule has 0 aliphatic carbocycles. The fourth-order valence-corrected chi connectivity index (χ4v) is 1.46.